The Kier molecular flexibility index (Phi) is 6.15. The minimum atomic E-state index is 0.292. The fourth-order valence-corrected chi connectivity index (χ4v) is 6.70. The number of fused-ring (bicyclic) bond motifs is 4. The number of allylic oxidation sites excluding steroid dienone is 6. The Morgan fingerprint density at radius 2 is 1.94 bits per heavy atom. The number of para-hydroxylation sites is 1. The van der Waals surface area contributed by atoms with Gasteiger partial charge in [-0.2, -0.15) is 0 Å². The first-order chi connectivity index (χ1) is 17.5. The van der Waals surface area contributed by atoms with Crippen LogP contribution in [0.25, 0.3) is 16.5 Å². The standard InChI is InChI=1S/C34H38O2/c1-5-9-31-29(28-17-22(3)14-15-33(28)35-31)18-23(4)25-19-27(24-11-8-10-21(2)16-24)34-30(20-25)26-12-6-7-13-32(26)36-34/h6-7,10,12-17,19,23,25,29,31H,5,8-9,11,18,20H2,1-4H3. The van der Waals surface area contributed by atoms with Crippen molar-refractivity contribution in [3.05, 3.63) is 94.3 Å². The summed E-state index contributed by atoms with van der Waals surface area (Å²) in [6, 6.07) is 15.3. The zero-order valence-electron chi connectivity index (χ0n) is 22.1. The Hall–Kier alpha value is -3.00. The molecule has 0 radical (unpaired) electrons. The summed E-state index contributed by atoms with van der Waals surface area (Å²) in [5.74, 6) is 3.70. The molecule has 3 aromatic rings. The smallest absolute Gasteiger partial charge is 0.138 e. The van der Waals surface area contributed by atoms with E-state index in [2.05, 4.69) is 88.4 Å². The van der Waals surface area contributed by atoms with Crippen molar-refractivity contribution >= 4 is 16.5 Å². The third kappa shape index (κ3) is 4.15. The van der Waals surface area contributed by atoms with Crippen LogP contribution in [0.2, 0.25) is 0 Å². The van der Waals surface area contributed by atoms with E-state index < -0.39 is 0 Å². The van der Waals surface area contributed by atoms with Gasteiger partial charge in [0.25, 0.3) is 0 Å². The van der Waals surface area contributed by atoms with Gasteiger partial charge in [-0.05, 0) is 75.5 Å². The highest BCUT2D eigenvalue weighted by Gasteiger charge is 2.37. The molecule has 186 valence electrons. The predicted molar refractivity (Wildman–Crippen MR) is 149 cm³/mol. The van der Waals surface area contributed by atoms with Gasteiger partial charge in [-0.1, -0.05) is 80.0 Å². The number of ether oxygens (including phenoxy) is 1. The highest BCUT2D eigenvalue weighted by Crippen LogP contribution is 2.48. The number of benzene rings is 2. The molecule has 0 fully saturated rings. The lowest BCUT2D eigenvalue weighted by Gasteiger charge is -2.30. The zero-order chi connectivity index (χ0) is 24.8. The minimum absolute atomic E-state index is 0.292. The van der Waals surface area contributed by atoms with Crippen molar-refractivity contribution < 1.29 is 9.15 Å². The highest BCUT2D eigenvalue weighted by molar-refractivity contribution is 5.91. The third-order valence-corrected chi connectivity index (χ3v) is 8.61. The SMILES string of the molecule is CCCC1Oc2ccc(C)cc2C1CC(C)C1C=C(C2=CC(C)=CCC2)c2oc3ccccc3c2C1. The van der Waals surface area contributed by atoms with Gasteiger partial charge in [0.05, 0.1) is 0 Å². The molecule has 0 amide bonds. The lowest BCUT2D eigenvalue weighted by atomic mass is 9.74. The number of hydrogen-bond acceptors (Lipinski definition) is 2. The van der Waals surface area contributed by atoms with Crippen molar-refractivity contribution in [1.29, 1.82) is 0 Å². The van der Waals surface area contributed by atoms with E-state index in [-0.39, 0.29) is 0 Å². The minimum Gasteiger partial charge on any atom is -0.489 e. The van der Waals surface area contributed by atoms with Crippen LogP contribution in [0.1, 0.15) is 81.2 Å². The van der Waals surface area contributed by atoms with Gasteiger partial charge < -0.3 is 9.15 Å². The molecule has 0 bridgehead atoms. The first kappa shape index (κ1) is 23.4. The molecule has 2 nitrogen and oxygen atoms in total. The van der Waals surface area contributed by atoms with Crippen molar-refractivity contribution in [2.45, 2.75) is 78.2 Å². The predicted octanol–water partition coefficient (Wildman–Crippen LogP) is 9.33. The number of aryl methyl sites for hydroxylation is 1. The van der Waals surface area contributed by atoms with Gasteiger partial charge >= 0.3 is 0 Å². The Morgan fingerprint density at radius 3 is 2.78 bits per heavy atom. The van der Waals surface area contributed by atoms with Gasteiger partial charge in [-0.3, -0.25) is 0 Å². The van der Waals surface area contributed by atoms with Crippen molar-refractivity contribution in [2.75, 3.05) is 0 Å². The van der Waals surface area contributed by atoms with Gasteiger partial charge in [0, 0.05) is 28.0 Å². The maximum Gasteiger partial charge on any atom is 0.138 e. The van der Waals surface area contributed by atoms with Gasteiger partial charge in [-0.15, -0.1) is 0 Å². The van der Waals surface area contributed by atoms with Crippen LogP contribution < -0.4 is 4.74 Å². The molecule has 4 unspecified atom stereocenters. The number of rotatable bonds is 6. The van der Waals surface area contributed by atoms with Gasteiger partial charge in [0.1, 0.15) is 23.2 Å². The maximum atomic E-state index is 6.51. The monoisotopic (exact) mass is 478 g/mol. The fourth-order valence-electron chi connectivity index (χ4n) is 6.70. The molecule has 2 aromatic carbocycles. The highest BCUT2D eigenvalue weighted by atomic mass is 16.5. The van der Waals surface area contributed by atoms with Crippen LogP contribution in [0.3, 0.4) is 0 Å². The van der Waals surface area contributed by atoms with E-state index in [0.29, 0.717) is 23.9 Å². The molecule has 3 aliphatic rings. The summed E-state index contributed by atoms with van der Waals surface area (Å²) >= 11 is 0. The number of hydrogen-bond donors (Lipinski definition) is 0. The molecular formula is C34H38O2. The molecular weight excluding hydrogens is 440 g/mol. The van der Waals surface area contributed by atoms with Gasteiger partial charge in [-0.25, -0.2) is 0 Å². The molecule has 36 heavy (non-hydrogen) atoms. The van der Waals surface area contributed by atoms with E-state index in [1.54, 1.807) is 0 Å². The molecule has 2 aliphatic carbocycles. The summed E-state index contributed by atoms with van der Waals surface area (Å²) in [7, 11) is 0. The first-order valence-electron chi connectivity index (χ1n) is 13.9. The Bertz CT molecular complexity index is 1380. The lowest BCUT2D eigenvalue weighted by molar-refractivity contribution is 0.175. The topological polar surface area (TPSA) is 22.4 Å². The maximum absolute atomic E-state index is 6.51. The van der Waals surface area contributed by atoms with Crippen molar-refractivity contribution in [1.82, 2.24) is 0 Å². The van der Waals surface area contributed by atoms with Crippen LogP contribution in [-0.2, 0) is 6.42 Å². The fraction of sp³-hybridized carbons (Fsp3) is 0.412. The van der Waals surface area contributed by atoms with Gasteiger partial charge in [0.15, 0.2) is 0 Å². The molecule has 1 aromatic heterocycles. The average molecular weight is 479 g/mol. The molecule has 2 heteroatoms. The molecule has 4 atom stereocenters. The molecule has 0 spiro atoms. The average Bonchev–Trinajstić information content (AvgIpc) is 3.41. The third-order valence-electron chi connectivity index (χ3n) is 8.61. The second-order valence-corrected chi connectivity index (χ2v) is 11.3. The van der Waals surface area contributed by atoms with Crippen LogP contribution in [-0.4, -0.2) is 6.10 Å². The number of furan rings is 1. The molecule has 6 rings (SSSR count). The molecule has 2 heterocycles. The van der Waals surface area contributed by atoms with E-state index in [4.69, 9.17) is 9.15 Å². The van der Waals surface area contributed by atoms with Gasteiger partial charge in [0.2, 0.25) is 0 Å². The van der Waals surface area contributed by atoms with Crippen LogP contribution >= 0.6 is 0 Å². The van der Waals surface area contributed by atoms with E-state index in [9.17, 15) is 0 Å². The van der Waals surface area contributed by atoms with Crippen molar-refractivity contribution in [3.63, 3.8) is 0 Å². The van der Waals surface area contributed by atoms with Crippen LogP contribution in [0.15, 0.2) is 76.3 Å². The second-order valence-electron chi connectivity index (χ2n) is 11.3. The van der Waals surface area contributed by atoms with E-state index in [1.807, 2.05) is 0 Å². The van der Waals surface area contributed by atoms with E-state index in [1.165, 1.54) is 38.8 Å². The summed E-state index contributed by atoms with van der Waals surface area (Å²) in [6.07, 6.45) is 14.2. The van der Waals surface area contributed by atoms with Crippen LogP contribution in [0.5, 0.6) is 5.75 Å². The Labute approximate surface area is 215 Å². The summed E-state index contributed by atoms with van der Waals surface area (Å²) in [5.41, 5.74) is 9.29. The van der Waals surface area contributed by atoms with E-state index in [0.717, 1.165) is 55.6 Å². The Balaban J connectivity index is 1.36. The van der Waals surface area contributed by atoms with Crippen molar-refractivity contribution in [3.8, 4) is 5.75 Å². The van der Waals surface area contributed by atoms with Crippen LogP contribution in [0, 0.1) is 18.8 Å². The molecule has 0 saturated carbocycles. The summed E-state index contributed by atoms with van der Waals surface area (Å²) < 4.78 is 13.0. The summed E-state index contributed by atoms with van der Waals surface area (Å²) in [6.45, 7) is 9.15. The zero-order valence-corrected chi connectivity index (χ0v) is 22.1. The van der Waals surface area contributed by atoms with E-state index >= 15 is 0 Å². The normalized spacial score (nSPS) is 23.9. The lowest BCUT2D eigenvalue weighted by Crippen LogP contribution is -2.24. The quantitative estimate of drug-likeness (QED) is 0.352. The Morgan fingerprint density at radius 1 is 1.08 bits per heavy atom. The van der Waals surface area contributed by atoms with Crippen molar-refractivity contribution in [2.24, 2.45) is 11.8 Å². The molecule has 1 aliphatic heterocycles. The summed E-state index contributed by atoms with van der Waals surface area (Å²) in [5, 5.41) is 1.29. The molecule has 0 N–H and O–H groups in total. The first-order valence-corrected chi connectivity index (χ1v) is 13.9. The molecule has 0 saturated heterocycles. The van der Waals surface area contributed by atoms with Crippen LogP contribution in [0.4, 0.5) is 0 Å². The largest absolute Gasteiger partial charge is 0.489 e. The summed E-state index contributed by atoms with van der Waals surface area (Å²) in [4.78, 5) is 0. The second kappa shape index (κ2) is 9.47.